The SMILES string of the molecule is C=CCn1nnnc1SCC1=NS(=O)(=O)c2ccccc2N1. The zero-order valence-electron chi connectivity index (χ0n) is 11.4. The molecule has 114 valence electrons. The van der Waals surface area contributed by atoms with Crippen LogP contribution in [0.5, 0.6) is 0 Å². The second-order valence-corrected chi connectivity index (χ2v) is 6.87. The van der Waals surface area contributed by atoms with E-state index in [1.165, 1.54) is 17.8 Å². The average Bonchev–Trinajstić information content (AvgIpc) is 2.92. The van der Waals surface area contributed by atoms with Crippen molar-refractivity contribution in [3.8, 4) is 0 Å². The van der Waals surface area contributed by atoms with Crippen LogP contribution < -0.4 is 5.32 Å². The van der Waals surface area contributed by atoms with Gasteiger partial charge in [0.15, 0.2) is 0 Å². The van der Waals surface area contributed by atoms with Gasteiger partial charge in [0.25, 0.3) is 10.0 Å². The summed E-state index contributed by atoms with van der Waals surface area (Å²) in [5.41, 5.74) is 0.527. The van der Waals surface area contributed by atoms with E-state index in [0.717, 1.165) is 0 Å². The largest absolute Gasteiger partial charge is 0.341 e. The van der Waals surface area contributed by atoms with Gasteiger partial charge in [0.1, 0.15) is 10.7 Å². The lowest BCUT2D eigenvalue weighted by atomic mass is 10.3. The molecule has 1 aliphatic heterocycles. The molecule has 0 radical (unpaired) electrons. The third kappa shape index (κ3) is 2.88. The number of sulfonamides is 1. The van der Waals surface area contributed by atoms with Crippen LogP contribution in [-0.2, 0) is 16.6 Å². The van der Waals surface area contributed by atoms with Gasteiger partial charge in [-0.2, -0.15) is 8.42 Å². The summed E-state index contributed by atoms with van der Waals surface area (Å²) in [7, 11) is -3.67. The highest BCUT2D eigenvalue weighted by Crippen LogP contribution is 2.27. The van der Waals surface area contributed by atoms with Crippen molar-refractivity contribution in [2.24, 2.45) is 4.40 Å². The van der Waals surface area contributed by atoms with Crippen molar-refractivity contribution in [3.63, 3.8) is 0 Å². The fourth-order valence-electron chi connectivity index (χ4n) is 1.90. The lowest BCUT2D eigenvalue weighted by Gasteiger charge is -2.17. The molecule has 0 spiro atoms. The summed E-state index contributed by atoms with van der Waals surface area (Å²) in [6.45, 7) is 4.11. The van der Waals surface area contributed by atoms with Crippen LogP contribution in [0, 0.1) is 0 Å². The second kappa shape index (κ2) is 5.89. The van der Waals surface area contributed by atoms with Crippen molar-refractivity contribution in [2.45, 2.75) is 16.6 Å². The van der Waals surface area contributed by atoms with Crippen molar-refractivity contribution in [1.29, 1.82) is 0 Å². The molecular formula is C12H12N6O2S2. The molecule has 0 aliphatic carbocycles. The molecule has 1 aliphatic rings. The minimum atomic E-state index is -3.67. The van der Waals surface area contributed by atoms with E-state index in [1.54, 1.807) is 29.0 Å². The van der Waals surface area contributed by atoms with Crippen molar-refractivity contribution in [1.82, 2.24) is 20.2 Å². The van der Waals surface area contributed by atoms with E-state index in [4.69, 9.17) is 0 Å². The van der Waals surface area contributed by atoms with E-state index in [1.807, 2.05) is 0 Å². The summed E-state index contributed by atoms with van der Waals surface area (Å²) in [4.78, 5) is 0.181. The number of hydrogen-bond donors (Lipinski definition) is 1. The number of fused-ring (bicyclic) bond motifs is 1. The Labute approximate surface area is 131 Å². The molecule has 2 heterocycles. The van der Waals surface area contributed by atoms with Gasteiger partial charge >= 0.3 is 0 Å². The maximum absolute atomic E-state index is 12.1. The molecule has 2 aromatic rings. The number of hydrogen-bond acceptors (Lipinski definition) is 7. The molecule has 0 fully saturated rings. The molecule has 0 saturated heterocycles. The third-order valence-corrected chi connectivity index (χ3v) is 5.15. The Bertz CT molecular complexity index is 843. The quantitative estimate of drug-likeness (QED) is 0.645. The number of rotatable bonds is 5. The van der Waals surface area contributed by atoms with E-state index < -0.39 is 10.0 Å². The Morgan fingerprint density at radius 3 is 3.00 bits per heavy atom. The Morgan fingerprint density at radius 1 is 1.36 bits per heavy atom. The molecule has 3 rings (SSSR count). The summed E-state index contributed by atoms with van der Waals surface area (Å²) in [5, 5.41) is 14.9. The molecule has 22 heavy (non-hydrogen) atoms. The minimum Gasteiger partial charge on any atom is -0.341 e. The molecule has 10 heteroatoms. The summed E-state index contributed by atoms with van der Waals surface area (Å²) < 4.78 is 29.6. The molecule has 8 nitrogen and oxygen atoms in total. The predicted molar refractivity (Wildman–Crippen MR) is 83.4 cm³/mol. The maximum atomic E-state index is 12.1. The van der Waals surface area contributed by atoms with Gasteiger partial charge in [-0.1, -0.05) is 30.0 Å². The lowest BCUT2D eigenvalue weighted by Crippen LogP contribution is -2.23. The van der Waals surface area contributed by atoms with Gasteiger partial charge in [0.05, 0.1) is 18.0 Å². The first-order valence-corrected chi connectivity index (χ1v) is 8.72. The Hall–Kier alpha value is -2.20. The van der Waals surface area contributed by atoms with Crippen LogP contribution in [0.3, 0.4) is 0 Å². The van der Waals surface area contributed by atoms with Crippen molar-refractivity contribution in [2.75, 3.05) is 11.1 Å². The number of nitrogens with zero attached hydrogens (tertiary/aromatic N) is 5. The molecule has 0 amide bonds. The van der Waals surface area contributed by atoms with E-state index >= 15 is 0 Å². The van der Waals surface area contributed by atoms with Crippen LogP contribution in [0.25, 0.3) is 0 Å². The van der Waals surface area contributed by atoms with Gasteiger partial charge in [-0.25, -0.2) is 4.68 Å². The van der Waals surface area contributed by atoms with Crippen LogP contribution in [0.2, 0.25) is 0 Å². The van der Waals surface area contributed by atoms with E-state index in [9.17, 15) is 8.42 Å². The number of anilines is 1. The number of tetrazole rings is 1. The first-order chi connectivity index (χ1) is 10.6. The minimum absolute atomic E-state index is 0.181. The zero-order chi connectivity index (χ0) is 15.6. The van der Waals surface area contributed by atoms with Crippen molar-refractivity contribution < 1.29 is 8.42 Å². The maximum Gasteiger partial charge on any atom is 0.286 e. The predicted octanol–water partition coefficient (Wildman–Crippen LogP) is 1.16. The summed E-state index contributed by atoms with van der Waals surface area (Å²) in [6.07, 6.45) is 1.68. The van der Waals surface area contributed by atoms with Gasteiger partial charge < -0.3 is 5.32 Å². The number of allylic oxidation sites excluding steroid dienone is 1. The number of thioether (sulfide) groups is 1. The van der Waals surface area contributed by atoms with Crippen molar-refractivity contribution in [3.05, 3.63) is 36.9 Å². The van der Waals surface area contributed by atoms with Crippen LogP contribution in [0.15, 0.2) is 51.4 Å². The Kier molecular flexibility index (Phi) is 3.94. The topological polar surface area (TPSA) is 102 Å². The van der Waals surface area contributed by atoms with E-state index in [-0.39, 0.29) is 4.90 Å². The summed E-state index contributed by atoms with van der Waals surface area (Å²) in [5.74, 6) is 0.655. The molecule has 0 saturated carbocycles. The number of benzene rings is 1. The number of para-hydroxylation sites is 1. The monoisotopic (exact) mass is 336 g/mol. The molecular weight excluding hydrogens is 324 g/mol. The normalized spacial score (nSPS) is 15.5. The number of aromatic nitrogens is 4. The summed E-state index contributed by atoms with van der Waals surface area (Å²) in [6, 6.07) is 6.66. The second-order valence-electron chi connectivity index (χ2n) is 4.36. The standard InChI is InChI=1S/C12H12N6O2S2/c1-2-7-18-12(14-16-17-18)21-8-11-13-9-5-3-4-6-10(9)22(19,20)15-11/h2-6H,1,7-8H2,(H,13,15). The number of amidine groups is 1. The number of nitrogens with one attached hydrogen (secondary N) is 1. The van der Waals surface area contributed by atoms with Crippen LogP contribution >= 0.6 is 11.8 Å². The van der Waals surface area contributed by atoms with Gasteiger partial charge in [-0.05, 0) is 22.6 Å². The smallest absolute Gasteiger partial charge is 0.286 e. The summed E-state index contributed by atoms with van der Waals surface area (Å²) >= 11 is 1.30. The van der Waals surface area contributed by atoms with Gasteiger partial charge in [0.2, 0.25) is 5.16 Å². The van der Waals surface area contributed by atoms with Gasteiger partial charge in [0, 0.05) is 0 Å². The first kappa shape index (κ1) is 14.7. The highest BCUT2D eigenvalue weighted by molar-refractivity contribution is 8.00. The van der Waals surface area contributed by atoms with Crippen molar-refractivity contribution >= 4 is 33.3 Å². The zero-order valence-corrected chi connectivity index (χ0v) is 13.0. The Morgan fingerprint density at radius 2 is 2.18 bits per heavy atom. The van der Waals surface area contributed by atoms with Gasteiger partial charge in [-0.3, -0.25) is 0 Å². The average molecular weight is 336 g/mol. The van der Waals surface area contributed by atoms with Gasteiger partial charge in [-0.15, -0.1) is 16.1 Å². The molecule has 1 aromatic carbocycles. The molecule has 0 atom stereocenters. The Balaban J connectivity index is 1.78. The molecule has 1 N–H and O–H groups in total. The highest BCUT2D eigenvalue weighted by atomic mass is 32.2. The first-order valence-electron chi connectivity index (χ1n) is 6.30. The highest BCUT2D eigenvalue weighted by Gasteiger charge is 2.24. The fraction of sp³-hybridized carbons (Fsp3) is 0.167. The van der Waals surface area contributed by atoms with Crippen LogP contribution in [-0.4, -0.2) is 40.2 Å². The van der Waals surface area contributed by atoms with Crippen LogP contribution in [0.4, 0.5) is 5.69 Å². The molecule has 1 aromatic heterocycles. The van der Waals surface area contributed by atoms with E-state index in [0.29, 0.717) is 29.0 Å². The van der Waals surface area contributed by atoms with E-state index in [2.05, 4.69) is 31.8 Å². The van der Waals surface area contributed by atoms with Crippen LogP contribution in [0.1, 0.15) is 0 Å². The third-order valence-electron chi connectivity index (χ3n) is 2.81. The molecule has 0 unspecified atom stereocenters. The molecule has 0 bridgehead atoms. The lowest BCUT2D eigenvalue weighted by molar-refractivity contribution is 0.598. The fourth-order valence-corrected chi connectivity index (χ4v) is 3.88.